The van der Waals surface area contributed by atoms with Crippen LogP contribution in [0, 0.1) is 0 Å². The summed E-state index contributed by atoms with van der Waals surface area (Å²) in [5, 5.41) is 0. The van der Waals surface area contributed by atoms with Gasteiger partial charge in [-0.25, -0.2) is 4.99 Å². The summed E-state index contributed by atoms with van der Waals surface area (Å²) in [4.78, 5) is 8.26. The van der Waals surface area contributed by atoms with E-state index in [1.54, 1.807) is 6.21 Å². The number of nitrogens with zero attached hydrogens (tertiary/aromatic N) is 2. The van der Waals surface area contributed by atoms with Crippen molar-refractivity contribution in [2.75, 3.05) is 6.54 Å². The van der Waals surface area contributed by atoms with Gasteiger partial charge in [-0.1, -0.05) is 6.08 Å². The summed E-state index contributed by atoms with van der Waals surface area (Å²) in [5.74, 6) is 0. The third kappa shape index (κ3) is 2.92. The smallest absolute Gasteiger partial charge is 0.118 e. The van der Waals surface area contributed by atoms with Gasteiger partial charge in [-0.15, -0.1) is 0 Å². The summed E-state index contributed by atoms with van der Waals surface area (Å²) in [5.41, 5.74) is 0. The van der Waals surface area contributed by atoms with E-state index in [1.807, 2.05) is 0 Å². The Morgan fingerprint density at radius 3 is 3.20 bits per heavy atom. The van der Waals surface area contributed by atoms with E-state index in [0.717, 1.165) is 21.3 Å². The Morgan fingerprint density at radius 1 is 1.60 bits per heavy atom. The summed E-state index contributed by atoms with van der Waals surface area (Å²) in [6.45, 7) is 0.846. The molecule has 0 amide bonds. The minimum absolute atomic E-state index is 0.828. The molecule has 2 nitrogen and oxygen atoms in total. The Kier molecular flexibility index (Phi) is 3.55. The third-order valence-electron chi connectivity index (χ3n) is 0.999. The fourth-order valence-corrected chi connectivity index (χ4v) is 1.29. The topological polar surface area (TPSA) is 24.7 Å². The van der Waals surface area contributed by atoms with Crippen LogP contribution in [0.4, 0.5) is 0 Å². The minimum atomic E-state index is 0.828. The predicted molar refractivity (Wildman–Crippen MR) is 56.4 cm³/mol. The van der Waals surface area contributed by atoms with Crippen LogP contribution in [0.15, 0.2) is 19.8 Å². The molecule has 1 rings (SSSR count). The molecule has 0 radical (unpaired) electrons. The summed E-state index contributed by atoms with van der Waals surface area (Å²) in [7, 11) is 0. The second-order valence-corrected chi connectivity index (χ2v) is 3.70. The molecule has 0 spiro atoms. The highest BCUT2D eigenvalue weighted by Gasteiger charge is 1.92. The zero-order valence-electron chi connectivity index (χ0n) is 5.22. The highest BCUT2D eigenvalue weighted by Crippen LogP contribution is 2.10. The highest BCUT2D eigenvalue weighted by atomic mass is 127. The first-order chi connectivity index (χ1) is 4.79. The predicted octanol–water partition coefficient (Wildman–Crippen LogP) is 2.53. The van der Waals surface area contributed by atoms with Crippen LogP contribution in [0.3, 0.4) is 0 Å². The van der Waals surface area contributed by atoms with Gasteiger partial charge in [0.15, 0.2) is 0 Å². The molecule has 0 aromatic carbocycles. The van der Waals surface area contributed by atoms with Crippen molar-refractivity contribution in [3.63, 3.8) is 0 Å². The molecule has 4 heteroatoms. The molecule has 0 saturated carbocycles. The lowest BCUT2D eigenvalue weighted by atomic mass is 10.4. The molecular weight excluding hydrogens is 307 g/mol. The molecule has 1 aliphatic heterocycles. The van der Waals surface area contributed by atoms with Gasteiger partial charge in [0.1, 0.15) is 4.62 Å². The fourth-order valence-electron chi connectivity index (χ4n) is 0.563. The molecule has 10 heavy (non-hydrogen) atoms. The maximum atomic E-state index is 4.15. The van der Waals surface area contributed by atoms with Crippen molar-refractivity contribution in [1.29, 1.82) is 0 Å². The van der Waals surface area contributed by atoms with Gasteiger partial charge in [0.2, 0.25) is 0 Å². The molecule has 0 aromatic rings. The average molecular weight is 313 g/mol. The molecule has 0 aliphatic carbocycles. The van der Waals surface area contributed by atoms with Gasteiger partial charge in [0, 0.05) is 6.54 Å². The van der Waals surface area contributed by atoms with Gasteiger partial charge in [-0.05, 0) is 44.9 Å². The van der Waals surface area contributed by atoms with Crippen molar-refractivity contribution < 1.29 is 0 Å². The zero-order valence-corrected chi connectivity index (χ0v) is 8.96. The maximum absolute atomic E-state index is 4.15. The first-order valence-electron chi connectivity index (χ1n) is 2.89. The van der Waals surface area contributed by atoms with Crippen LogP contribution in [0.1, 0.15) is 6.42 Å². The van der Waals surface area contributed by atoms with E-state index < -0.39 is 0 Å². The molecule has 0 unspecified atom stereocenters. The van der Waals surface area contributed by atoms with Gasteiger partial charge in [0.25, 0.3) is 0 Å². The molecule has 1 heterocycles. The molecule has 54 valence electrons. The van der Waals surface area contributed by atoms with Gasteiger partial charge in [0.05, 0.1) is 9.92 Å². The SMILES string of the molecule is BrC1=NCC/C=C(\I)N=C1. The van der Waals surface area contributed by atoms with E-state index in [-0.39, 0.29) is 0 Å². The van der Waals surface area contributed by atoms with Gasteiger partial charge in [-0.2, -0.15) is 0 Å². The van der Waals surface area contributed by atoms with E-state index in [2.05, 4.69) is 54.6 Å². The van der Waals surface area contributed by atoms with Crippen molar-refractivity contribution >= 4 is 49.4 Å². The molecular formula is C6H6BrIN2. The number of hydrogen-bond donors (Lipinski definition) is 0. The Labute approximate surface area is 81.8 Å². The largest absolute Gasteiger partial charge is 0.276 e. The maximum Gasteiger partial charge on any atom is 0.118 e. The van der Waals surface area contributed by atoms with Crippen molar-refractivity contribution in [3.05, 3.63) is 9.78 Å². The molecule has 0 bridgehead atoms. The third-order valence-corrected chi connectivity index (χ3v) is 2.17. The van der Waals surface area contributed by atoms with E-state index in [0.29, 0.717) is 0 Å². The molecule has 0 atom stereocenters. The standard InChI is InChI=1S/C6H6BrIN2/c7-5-4-10-6(8)2-1-3-9-5/h2,4H,1,3H2/b6-2+,9-5?,10-4?. The summed E-state index contributed by atoms with van der Waals surface area (Å²) in [6, 6.07) is 0. The Balaban J connectivity index is 2.73. The molecule has 0 saturated heterocycles. The molecule has 0 fully saturated rings. The summed E-state index contributed by atoms with van der Waals surface area (Å²) >= 11 is 5.47. The monoisotopic (exact) mass is 312 g/mol. The second-order valence-electron chi connectivity index (χ2n) is 1.78. The van der Waals surface area contributed by atoms with Crippen LogP contribution < -0.4 is 0 Å². The lowest BCUT2D eigenvalue weighted by Crippen LogP contribution is -1.92. The van der Waals surface area contributed by atoms with Crippen molar-refractivity contribution in [2.45, 2.75) is 6.42 Å². The van der Waals surface area contributed by atoms with Crippen LogP contribution in [0.2, 0.25) is 0 Å². The van der Waals surface area contributed by atoms with E-state index in [1.165, 1.54) is 0 Å². The average Bonchev–Trinajstić information content (AvgIpc) is 1.90. The van der Waals surface area contributed by atoms with Crippen LogP contribution >= 0.6 is 38.5 Å². The molecule has 0 aromatic heterocycles. The van der Waals surface area contributed by atoms with Gasteiger partial charge >= 0.3 is 0 Å². The van der Waals surface area contributed by atoms with Crippen LogP contribution in [-0.2, 0) is 0 Å². The van der Waals surface area contributed by atoms with Crippen LogP contribution in [0.5, 0.6) is 0 Å². The Hall–Kier alpha value is 0.290. The minimum Gasteiger partial charge on any atom is -0.276 e. The number of hydrogen-bond acceptors (Lipinski definition) is 2. The lowest BCUT2D eigenvalue weighted by Gasteiger charge is -1.95. The van der Waals surface area contributed by atoms with Gasteiger partial charge in [-0.3, -0.25) is 4.99 Å². The van der Waals surface area contributed by atoms with Gasteiger partial charge < -0.3 is 0 Å². The van der Waals surface area contributed by atoms with E-state index in [4.69, 9.17) is 0 Å². The number of aliphatic imine (C=N–C) groups is 2. The highest BCUT2D eigenvalue weighted by molar-refractivity contribution is 14.1. The van der Waals surface area contributed by atoms with Crippen molar-refractivity contribution in [2.24, 2.45) is 9.98 Å². The Bertz CT molecular complexity index is 186. The van der Waals surface area contributed by atoms with Crippen LogP contribution in [0.25, 0.3) is 0 Å². The zero-order chi connectivity index (χ0) is 7.40. The van der Waals surface area contributed by atoms with Crippen LogP contribution in [-0.4, -0.2) is 17.4 Å². The normalized spacial score (nSPS) is 24.2. The quantitative estimate of drug-likeness (QED) is 0.485. The summed E-state index contributed by atoms with van der Waals surface area (Å²) in [6.07, 6.45) is 4.77. The number of halogens is 2. The Morgan fingerprint density at radius 2 is 2.40 bits per heavy atom. The first-order valence-corrected chi connectivity index (χ1v) is 4.76. The van der Waals surface area contributed by atoms with E-state index in [9.17, 15) is 0 Å². The molecule has 0 N–H and O–H groups in total. The van der Waals surface area contributed by atoms with Crippen molar-refractivity contribution in [3.8, 4) is 0 Å². The first kappa shape index (κ1) is 8.39. The number of rotatable bonds is 0. The fraction of sp³-hybridized carbons (Fsp3) is 0.333. The molecule has 1 aliphatic rings. The van der Waals surface area contributed by atoms with E-state index >= 15 is 0 Å². The van der Waals surface area contributed by atoms with Crippen molar-refractivity contribution in [1.82, 2.24) is 0 Å². The lowest BCUT2D eigenvalue weighted by molar-refractivity contribution is 1.01. The summed E-state index contributed by atoms with van der Waals surface area (Å²) < 4.78 is 1.86. The second kappa shape index (κ2) is 4.23.